The van der Waals surface area contributed by atoms with Crippen LogP contribution in [0.25, 0.3) is 0 Å². The molecular weight excluding hydrogens is 228 g/mol. The van der Waals surface area contributed by atoms with Gasteiger partial charge >= 0.3 is 0 Å². The Morgan fingerprint density at radius 1 is 1.28 bits per heavy atom. The van der Waals surface area contributed by atoms with E-state index in [1.165, 1.54) is 12.8 Å². The van der Waals surface area contributed by atoms with Crippen molar-refractivity contribution in [2.45, 2.75) is 44.2 Å². The fourth-order valence-electron chi connectivity index (χ4n) is 3.89. The van der Waals surface area contributed by atoms with Crippen molar-refractivity contribution in [3.05, 3.63) is 0 Å². The molecule has 102 valence electrons. The maximum Gasteiger partial charge on any atom is 0.227 e. The summed E-state index contributed by atoms with van der Waals surface area (Å²) < 4.78 is 5.20. The number of nitrogens with zero attached hydrogens (tertiary/aromatic N) is 1. The summed E-state index contributed by atoms with van der Waals surface area (Å²) in [6.45, 7) is 2.71. The molecule has 3 aliphatic rings. The van der Waals surface area contributed by atoms with Gasteiger partial charge in [-0.3, -0.25) is 4.79 Å². The normalized spacial score (nSPS) is 36.3. The number of carbonyl (C=O) groups excluding carboxylic acids is 1. The molecule has 1 N–H and O–H groups in total. The smallest absolute Gasteiger partial charge is 0.227 e. The molecule has 4 nitrogen and oxygen atoms in total. The predicted octanol–water partition coefficient (Wildman–Crippen LogP) is 1.01. The largest absolute Gasteiger partial charge is 0.384 e. The van der Waals surface area contributed by atoms with E-state index in [4.69, 9.17) is 4.74 Å². The highest BCUT2D eigenvalue weighted by atomic mass is 16.5. The average molecular weight is 252 g/mol. The first-order valence-electron chi connectivity index (χ1n) is 7.31. The van der Waals surface area contributed by atoms with E-state index in [1.807, 2.05) is 0 Å². The molecule has 2 bridgehead atoms. The van der Waals surface area contributed by atoms with Crippen LogP contribution >= 0.6 is 0 Å². The standard InChI is InChI=1S/C14H24N2O2/c1-18-9-10-4-6-16(7-5-10)14(17)12-8-11-2-3-13(12)15-11/h10-13,15H,2-9H2,1H3. The first-order valence-corrected chi connectivity index (χ1v) is 7.31. The lowest BCUT2D eigenvalue weighted by atomic mass is 9.87. The van der Waals surface area contributed by atoms with Crippen LogP contribution in [-0.4, -0.2) is 49.7 Å². The van der Waals surface area contributed by atoms with Crippen LogP contribution in [0.3, 0.4) is 0 Å². The topological polar surface area (TPSA) is 41.6 Å². The highest BCUT2D eigenvalue weighted by molar-refractivity contribution is 5.80. The monoisotopic (exact) mass is 252 g/mol. The lowest BCUT2D eigenvalue weighted by molar-refractivity contribution is -0.137. The van der Waals surface area contributed by atoms with E-state index in [0.717, 1.165) is 39.0 Å². The average Bonchev–Trinajstić information content (AvgIpc) is 3.01. The van der Waals surface area contributed by atoms with Crippen molar-refractivity contribution in [3.63, 3.8) is 0 Å². The second-order valence-electron chi connectivity index (χ2n) is 6.11. The number of ether oxygens (including phenoxy) is 1. The Morgan fingerprint density at radius 3 is 2.61 bits per heavy atom. The van der Waals surface area contributed by atoms with Gasteiger partial charge in [-0.1, -0.05) is 0 Å². The molecule has 3 heterocycles. The van der Waals surface area contributed by atoms with Crippen molar-refractivity contribution in [3.8, 4) is 0 Å². The van der Waals surface area contributed by atoms with Gasteiger partial charge in [0.25, 0.3) is 0 Å². The van der Waals surface area contributed by atoms with Crippen molar-refractivity contribution in [2.24, 2.45) is 11.8 Å². The molecule has 0 aromatic heterocycles. The van der Waals surface area contributed by atoms with E-state index in [2.05, 4.69) is 10.2 Å². The van der Waals surface area contributed by atoms with Crippen molar-refractivity contribution < 1.29 is 9.53 Å². The molecule has 0 aromatic rings. The number of carbonyl (C=O) groups is 1. The van der Waals surface area contributed by atoms with Crippen LogP contribution in [-0.2, 0) is 9.53 Å². The number of rotatable bonds is 3. The van der Waals surface area contributed by atoms with Gasteiger partial charge in [-0.2, -0.15) is 0 Å². The summed E-state index contributed by atoms with van der Waals surface area (Å²) in [6, 6.07) is 1.09. The number of nitrogens with one attached hydrogen (secondary N) is 1. The van der Waals surface area contributed by atoms with Crippen LogP contribution < -0.4 is 5.32 Å². The number of hydrogen-bond donors (Lipinski definition) is 1. The van der Waals surface area contributed by atoms with Gasteiger partial charge in [0.15, 0.2) is 0 Å². The number of piperidine rings is 1. The summed E-state index contributed by atoms with van der Waals surface area (Å²) in [7, 11) is 1.76. The fourth-order valence-corrected chi connectivity index (χ4v) is 3.89. The lowest BCUT2D eigenvalue weighted by Crippen LogP contribution is -2.45. The van der Waals surface area contributed by atoms with Gasteiger partial charge in [0.1, 0.15) is 0 Å². The zero-order valence-electron chi connectivity index (χ0n) is 11.2. The number of hydrogen-bond acceptors (Lipinski definition) is 3. The minimum atomic E-state index is 0.266. The molecule has 0 saturated carbocycles. The molecule has 3 fully saturated rings. The summed E-state index contributed by atoms with van der Waals surface area (Å²) in [6.07, 6.45) is 5.74. The first-order chi connectivity index (χ1) is 8.78. The van der Waals surface area contributed by atoms with E-state index in [1.54, 1.807) is 7.11 Å². The number of fused-ring (bicyclic) bond motifs is 2. The van der Waals surface area contributed by atoms with Gasteiger partial charge in [0, 0.05) is 38.9 Å². The third-order valence-electron chi connectivity index (χ3n) is 4.95. The Balaban J connectivity index is 1.52. The first kappa shape index (κ1) is 12.4. The summed E-state index contributed by atoms with van der Waals surface area (Å²) in [5.74, 6) is 1.32. The van der Waals surface area contributed by atoms with Gasteiger partial charge in [-0.25, -0.2) is 0 Å². The van der Waals surface area contributed by atoms with Crippen molar-refractivity contribution in [2.75, 3.05) is 26.8 Å². The van der Waals surface area contributed by atoms with Gasteiger partial charge in [-0.05, 0) is 38.0 Å². The Labute approximate surface area is 109 Å². The second-order valence-corrected chi connectivity index (χ2v) is 6.11. The van der Waals surface area contributed by atoms with Crippen LogP contribution in [0.1, 0.15) is 32.1 Å². The number of likely N-dealkylation sites (tertiary alicyclic amines) is 1. The molecule has 3 unspecified atom stereocenters. The van der Waals surface area contributed by atoms with Gasteiger partial charge in [0.2, 0.25) is 5.91 Å². The molecule has 1 amide bonds. The van der Waals surface area contributed by atoms with Crippen LogP contribution in [0.15, 0.2) is 0 Å². The van der Waals surface area contributed by atoms with Crippen LogP contribution in [0.4, 0.5) is 0 Å². The molecule has 0 aliphatic carbocycles. The molecule has 18 heavy (non-hydrogen) atoms. The Hall–Kier alpha value is -0.610. The Bertz CT molecular complexity index is 313. The molecule has 0 radical (unpaired) electrons. The summed E-state index contributed by atoms with van der Waals surface area (Å²) >= 11 is 0. The zero-order valence-corrected chi connectivity index (χ0v) is 11.2. The highest BCUT2D eigenvalue weighted by Gasteiger charge is 2.44. The Kier molecular flexibility index (Phi) is 3.57. The van der Waals surface area contributed by atoms with E-state index in [9.17, 15) is 4.79 Å². The van der Waals surface area contributed by atoms with Gasteiger partial charge in [0.05, 0.1) is 5.92 Å². The minimum Gasteiger partial charge on any atom is -0.384 e. The van der Waals surface area contributed by atoms with E-state index in [0.29, 0.717) is 23.9 Å². The summed E-state index contributed by atoms with van der Waals surface area (Å²) in [5, 5.41) is 3.56. The molecule has 0 spiro atoms. The van der Waals surface area contributed by atoms with Crippen molar-refractivity contribution in [1.29, 1.82) is 0 Å². The quantitative estimate of drug-likeness (QED) is 0.815. The molecule has 3 rings (SSSR count). The van der Waals surface area contributed by atoms with Crippen molar-refractivity contribution in [1.82, 2.24) is 10.2 Å². The number of amides is 1. The van der Waals surface area contributed by atoms with Crippen LogP contribution in [0, 0.1) is 11.8 Å². The molecule has 3 aliphatic heterocycles. The third-order valence-corrected chi connectivity index (χ3v) is 4.95. The third kappa shape index (κ3) is 2.28. The zero-order chi connectivity index (χ0) is 12.5. The maximum absolute atomic E-state index is 12.5. The summed E-state index contributed by atoms with van der Waals surface area (Å²) in [4.78, 5) is 14.6. The van der Waals surface area contributed by atoms with Crippen LogP contribution in [0.5, 0.6) is 0 Å². The fraction of sp³-hybridized carbons (Fsp3) is 0.929. The minimum absolute atomic E-state index is 0.266. The van der Waals surface area contributed by atoms with E-state index < -0.39 is 0 Å². The number of methoxy groups -OCH3 is 1. The lowest BCUT2D eigenvalue weighted by Gasteiger charge is -2.34. The Morgan fingerprint density at radius 2 is 2.06 bits per heavy atom. The SMILES string of the molecule is COCC1CCN(C(=O)C2CC3CCC2N3)CC1. The molecule has 4 heteroatoms. The van der Waals surface area contributed by atoms with E-state index in [-0.39, 0.29) is 5.92 Å². The maximum atomic E-state index is 12.5. The molecule has 0 aromatic carbocycles. The van der Waals surface area contributed by atoms with Crippen LogP contribution in [0.2, 0.25) is 0 Å². The predicted molar refractivity (Wildman–Crippen MR) is 69.2 cm³/mol. The second kappa shape index (κ2) is 5.17. The van der Waals surface area contributed by atoms with Gasteiger partial charge in [-0.15, -0.1) is 0 Å². The van der Waals surface area contributed by atoms with E-state index >= 15 is 0 Å². The molecular formula is C14H24N2O2. The van der Waals surface area contributed by atoms with Crippen molar-refractivity contribution >= 4 is 5.91 Å². The summed E-state index contributed by atoms with van der Waals surface area (Å²) in [5.41, 5.74) is 0. The molecule has 3 atom stereocenters. The molecule has 3 saturated heterocycles. The highest BCUT2D eigenvalue weighted by Crippen LogP contribution is 2.35. The van der Waals surface area contributed by atoms with Gasteiger partial charge < -0.3 is 15.0 Å².